The molecule has 3 nitrogen and oxygen atoms in total. The largest absolute Gasteiger partial charge is 0.308 e. The second-order valence-corrected chi connectivity index (χ2v) is 4.74. The molecule has 0 aliphatic rings. The van der Waals surface area contributed by atoms with Gasteiger partial charge >= 0.3 is 0 Å². The van der Waals surface area contributed by atoms with Crippen molar-refractivity contribution in [2.24, 2.45) is 0 Å². The molecule has 0 saturated carbocycles. The lowest BCUT2D eigenvalue weighted by Crippen LogP contribution is -2.12. The number of nitrogens with one attached hydrogen (secondary N) is 2. The van der Waals surface area contributed by atoms with Gasteiger partial charge < -0.3 is 5.32 Å². The van der Waals surface area contributed by atoms with Crippen LogP contribution in [0.3, 0.4) is 0 Å². The Balaban J connectivity index is 1.90. The Kier molecular flexibility index (Phi) is 3.98. The van der Waals surface area contributed by atoms with Crippen LogP contribution in [0, 0.1) is 0 Å². The minimum absolute atomic E-state index is 0.741. The average Bonchev–Trinajstić information content (AvgIpc) is 2.74. The molecule has 1 aromatic carbocycles. The quantitative estimate of drug-likeness (QED) is 0.911. The van der Waals surface area contributed by atoms with Gasteiger partial charge in [0.15, 0.2) is 0 Å². The molecule has 0 aliphatic carbocycles. The molecule has 0 amide bonds. The van der Waals surface area contributed by atoms with E-state index in [1.54, 1.807) is 0 Å². The SMILES string of the molecule is Clc1ccc(CNCc2cn[nH]c2)c(Br)c1. The summed E-state index contributed by atoms with van der Waals surface area (Å²) in [6.07, 6.45) is 3.69. The van der Waals surface area contributed by atoms with Crippen molar-refractivity contribution in [3.8, 4) is 0 Å². The van der Waals surface area contributed by atoms with Crippen molar-refractivity contribution in [1.29, 1.82) is 0 Å². The maximum Gasteiger partial charge on any atom is 0.0532 e. The number of H-pyrrole nitrogens is 1. The first-order valence-electron chi connectivity index (χ1n) is 4.88. The minimum Gasteiger partial charge on any atom is -0.308 e. The average molecular weight is 301 g/mol. The predicted octanol–water partition coefficient (Wildman–Crippen LogP) is 3.12. The molecular weight excluding hydrogens is 289 g/mol. The van der Waals surface area contributed by atoms with Crippen molar-refractivity contribution < 1.29 is 0 Å². The van der Waals surface area contributed by atoms with Crippen LogP contribution in [0.5, 0.6) is 0 Å². The Morgan fingerprint density at radius 2 is 2.25 bits per heavy atom. The molecule has 0 unspecified atom stereocenters. The van der Waals surface area contributed by atoms with Crippen LogP contribution < -0.4 is 5.32 Å². The van der Waals surface area contributed by atoms with E-state index in [2.05, 4.69) is 31.4 Å². The van der Waals surface area contributed by atoms with Crippen LogP contribution in [0.4, 0.5) is 0 Å². The van der Waals surface area contributed by atoms with Crippen LogP contribution in [-0.4, -0.2) is 10.2 Å². The fourth-order valence-corrected chi connectivity index (χ4v) is 2.20. The molecule has 2 aromatic rings. The third kappa shape index (κ3) is 3.07. The van der Waals surface area contributed by atoms with Gasteiger partial charge in [0, 0.05) is 34.3 Å². The van der Waals surface area contributed by atoms with E-state index in [0.29, 0.717) is 0 Å². The molecule has 2 N–H and O–H groups in total. The Labute approximate surface area is 107 Å². The van der Waals surface area contributed by atoms with E-state index in [1.807, 2.05) is 30.6 Å². The van der Waals surface area contributed by atoms with E-state index in [0.717, 1.165) is 28.1 Å². The number of aromatic nitrogens is 2. The van der Waals surface area contributed by atoms with Gasteiger partial charge in [0.25, 0.3) is 0 Å². The standard InChI is InChI=1S/C11H11BrClN3/c12-11-3-10(13)2-1-9(11)7-14-4-8-5-15-16-6-8/h1-3,5-6,14H,4,7H2,(H,15,16). The molecule has 0 bridgehead atoms. The summed E-state index contributed by atoms with van der Waals surface area (Å²) in [5.41, 5.74) is 2.33. The van der Waals surface area contributed by atoms with E-state index in [-0.39, 0.29) is 0 Å². The zero-order valence-electron chi connectivity index (χ0n) is 8.50. The fourth-order valence-electron chi connectivity index (χ4n) is 1.38. The van der Waals surface area contributed by atoms with Crippen LogP contribution in [-0.2, 0) is 13.1 Å². The highest BCUT2D eigenvalue weighted by Crippen LogP contribution is 2.21. The topological polar surface area (TPSA) is 40.7 Å². The molecule has 84 valence electrons. The van der Waals surface area contributed by atoms with E-state index in [1.165, 1.54) is 5.56 Å². The summed E-state index contributed by atoms with van der Waals surface area (Å²) in [6, 6.07) is 5.80. The van der Waals surface area contributed by atoms with Gasteiger partial charge in [-0.2, -0.15) is 5.10 Å². The lowest BCUT2D eigenvalue weighted by Gasteiger charge is -2.06. The normalized spacial score (nSPS) is 10.6. The second-order valence-electron chi connectivity index (χ2n) is 3.45. The predicted molar refractivity (Wildman–Crippen MR) is 68.3 cm³/mol. The Morgan fingerprint density at radius 1 is 1.38 bits per heavy atom. The number of benzene rings is 1. The first-order chi connectivity index (χ1) is 7.75. The Morgan fingerprint density at radius 3 is 2.94 bits per heavy atom. The molecule has 16 heavy (non-hydrogen) atoms. The summed E-state index contributed by atoms with van der Waals surface area (Å²) >= 11 is 9.35. The lowest BCUT2D eigenvalue weighted by molar-refractivity contribution is 0.692. The third-order valence-electron chi connectivity index (χ3n) is 2.21. The van der Waals surface area contributed by atoms with Gasteiger partial charge in [-0.1, -0.05) is 33.6 Å². The van der Waals surface area contributed by atoms with Crippen molar-refractivity contribution >= 4 is 27.5 Å². The lowest BCUT2D eigenvalue weighted by atomic mass is 10.2. The molecule has 0 radical (unpaired) electrons. The molecule has 0 fully saturated rings. The third-order valence-corrected chi connectivity index (χ3v) is 3.19. The van der Waals surface area contributed by atoms with E-state index >= 15 is 0 Å². The summed E-state index contributed by atoms with van der Waals surface area (Å²) in [5, 5.41) is 10.7. The number of hydrogen-bond donors (Lipinski definition) is 2. The first-order valence-corrected chi connectivity index (χ1v) is 6.05. The van der Waals surface area contributed by atoms with Crippen molar-refractivity contribution in [2.45, 2.75) is 13.1 Å². The first kappa shape index (κ1) is 11.6. The molecule has 0 atom stereocenters. The summed E-state index contributed by atoms with van der Waals surface area (Å²) in [5.74, 6) is 0. The highest BCUT2D eigenvalue weighted by atomic mass is 79.9. The zero-order valence-corrected chi connectivity index (χ0v) is 10.8. The van der Waals surface area contributed by atoms with Crippen molar-refractivity contribution in [1.82, 2.24) is 15.5 Å². The van der Waals surface area contributed by atoms with Crippen molar-refractivity contribution in [2.75, 3.05) is 0 Å². The van der Waals surface area contributed by atoms with E-state index in [9.17, 15) is 0 Å². The second kappa shape index (κ2) is 5.48. The molecule has 1 heterocycles. The summed E-state index contributed by atoms with van der Waals surface area (Å²) in [4.78, 5) is 0. The van der Waals surface area contributed by atoms with Crippen LogP contribution in [0.2, 0.25) is 5.02 Å². The molecule has 2 rings (SSSR count). The number of hydrogen-bond acceptors (Lipinski definition) is 2. The minimum atomic E-state index is 0.741. The number of nitrogens with zero attached hydrogens (tertiary/aromatic N) is 1. The van der Waals surface area contributed by atoms with Gasteiger partial charge in [0.1, 0.15) is 0 Å². The van der Waals surface area contributed by atoms with E-state index < -0.39 is 0 Å². The highest BCUT2D eigenvalue weighted by Gasteiger charge is 2.00. The van der Waals surface area contributed by atoms with Gasteiger partial charge in [0.05, 0.1) is 6.20 Å². The summed E-state index contributed by atoms with van der Waals surface area (Å²) < 4.78 is 1.03. The molecule has 0 saturated heterocycles. The molecule has 0 aliphatic heterocycles. The van der Waals surface area contributed by atoms with Gasteiger partial charge in [-0.25, -0.2) is 0 Å². The summed E-state index contributed by atoms with van der Waals surface area (Å²) in [7, 11) is 0. The van der Waals surface area contributed by atoms with Crippen LogP contribution in [0.25, 0.3) is 0 Å². The summed E-state index contributed by atoms with van der Waals surface area (Å²) in [6.45, 7) is 1.59. The highest BCUT2D eigenvalue weighted by molar-refractivity contribution is 9.10. The molecule has 1 aromatic heterocycles. The Hall–Kier alpha value is -0.840. The number of rotatable bonds is 4. The van der Waals surface area contributed by atoms with E-state index in [4.69, 9.17) is 11.6 Å². The Bertz CT molecular complexity index is 456. The maximum absolute atomic E-state index is 5.87. The zero-order chi connectivity index (χ0) is 11.4. The van der Waals surface area contributed by atoms with Crippen molar-refractivity contribution in [3.05, 3.63) is 51.2 Å². The van der Waals surface area contributed by atoms with Gasteiger partial charge in [-0.3, -0.25) is 5.10 Å². The monoisotopic (exact) mass is 299 g/mol. The van der Waals surface area contributed by atoms with Crippen molar-refractivity contribution in [3.63, 3.8) is 0 Å². The van der Waals surface area contributed by atoms with Crippen LogP contribution >= 0.6 is 27.5 Å². The van der Waals surface area contributed by atoms with Gasteiger partial charge in [-0.05, 0) is 17.7 Å². The number of halogens is 2. The smallest absolute Gasteiger partial charge is 0.0532 e. The maximum atomic E-state index is 5.87. The van der Waals surface area contributed by atoms with Crippen LogP contribution in [0.1, 0.15) is 11.1 Å². The number of aromatic amines is 1. The fraction of sp³-hybridized carbons (Fsp3) is 0.182. The van der Waals surface area contributed by atoms with Gasteiger partial charge in [-0.15, -0.1) is 0 Å². The molecule has 0 spiro atoms. The van der Waals surface area contributed by atoms with Crippen LogP contribution in [0.15, 0.2) is 35.1 Å². The molecule has 5 heteroatoms. The molecular formula is C11H11BrClN3. The van der Waals surface area contributed by atoms with Gasteiger partial charge in [0.2, 0.25) is 0 Å².